The molecule has 2 N–H and O–H groups in total. The van der Waals surface area contributed by atoms with Gasteiger partial charge >= 0.3 is 6.18 Å². The topological polar surface area (TPSA) is 89.9 Å². The van der Waals surface area contributed by atoms with Crippen molar-refractivity contribution >= 4 is 22.9 Å². The summed E-state index contributed by atoms with van der Waals surface area (Å²) in [5.41, 5.74) is 3.24. The zero-order valence-corrected chi connectivity index (χ0v) is 27.2. The van der Waals surface area contributed by atoms with Crippen LogP contribution in [-0.4, -0.2) is 80.1 Å². The minimum atomic E-state index is -4.36. The molecule has 1 amide bonds. The lowest BCUT2D eigenvalue weighted by Crippen LogP contribution is -2.40. The quantitative estimate of drug-likeness (QED) is 0.172. The number of fused-ring (bicyclic) bond motifs is 1. The molecule has 0 bridgehead atoms. The van der Waals surface area contributed by atoms with Gasteiger partial charge in [0.1, 0.15) is 6.54 Å². The van der Waals surface area contributed by atoms with E-state index in [1.807, 2.05) is 25.1 Å². The van der Waals surface area contributed by atoms with E-state index in [9.17, 15) is 18.0 Å². The van der Waals surface area contributed by atoms with Crippen LogP contribution in [0.3, 0.4) is 0 Å². The molecule has 0 saturated carbocycles. The third kappa shape index (κ3) is 8.10. The number of methoxy groups -OCH3 is 3. The van der Waals surface area contributed by atoms with Crippen molar-refractivity contribution in [2.75, 3.05) is 52.8 Å². The third-order valence-electron chi connectivity index (χ3n) is 8.81. The minimum Gasteiger partial charge on any atom is -0.493 e. The number of benzene rings is 3. The molecule has 47 heavy (non-hydrogen) atoms. The Bertz CT molecular complexity index is 1650. The van der Waals surface area contributed by atoms with Gasteiger partial charge in [0.2, 0.25) is 11.7 Å². The van der Waals surface area contributed by atoms with Crippen LogP contribution in [0.4, 0.5) is 19.1 Å². The molecule has 1 fully saturated rings. The van der Waals surface area contributed by atoms with Crippen LogP contribution < -0.4 is 24.8 Å². The number of aromatic nitrogens is 2. The zero-order chi connectivity index (χ0) is 33.6. The molecule has 2 heterocycles. The number of hydrogen-bond acceptors (Lipinski definition) is 7. The summed E-state index contributed by atoms with van der Waals surface area (Å²) in [4.78, 5) is 20.3. The summed E-state index contributed by atoms with van der Waals surface area (Å²) in [6.45, 7) is 3.58. The Kier molecular flexibility index (Phi) is 10.8. The Morgan fingerprint density at radius 3 is 2.32 bits per heavy atom. The average molecular weight is 654 g/mol. The van der Waals surface area contributed by atoms with Gasteiger partial charge in [0.05, 0.1) is 32.4 Å². The summed E-state index contributed by atoms with van der Waals surface area (Å²) < 4.78 is 57.9. The number of nitrogens with zero attached hydrogens (tertiary/aromatic N) is 3. The molecule has 5 rings (SSSR count). The fourth-order valence-corrected chi connectivity index (χ4v) is 6.31. The molecule has 1 atom stereocenters. The van der Waals surface area contributed by atoms with Crippen LogP contribution in [0.5, 0.6) is 17.2 Å². The summed E-state index contributed by atoms with van der Waals surface area (Å²) in [6.07, 6.45) is -1.98. The van der Waals surface area contributed by atoms with Crippen molar-refractivity contribution in [2.45, 2.75) is 50.9 Å². The van der Waals surface area contributed by atoms with Gasteiger partial charge in [-0.05, 0) is 56.5 Å². The maximum absolute atomic E-state index is 13.4. The van der Waals surface area contributed by atoms with Gasteiger partial charge in [-0.2, -0.15) is 13.2 Å². The maximum atomic E-state index is 13.4. The van der Waals surface area contributed by atoms with E-state index < -0.39 is 12.7 Å². The van der Waals surface area contributed by atoms with E-state index in [0.29, 0.717) is 46.0 Å². The number of hydrogen-bond donors (Lipinski definition) is 2. The number of alkyl halides is 3. The van der Waals surface area contributed by atoms with Gasteiger partial charge in [-0.25, -0.2) is 4.98 Å². The first kappa shape index (κ1) is 33.9. The highest BCUT2D eigenvalue weighted by Gasteiger charge is 2.31. The molecule has 252 valence electrons. The summed E-state index contributed by atoms with van der Waals surface area (Å²) in [5, 5.41) is 6.43. The van der Waals surface area contributed by atoms with Crippen molar-refractivity contribution in [1.29, 1.82) is 0 Å². The summed E-state index contributed by atoms with van der Waals surface area (Å²) in [7, 11) is 4.57. The highest BCUT2D eigenvalue weighted by molar-refractivity contribution is 5.97. The van der Waals surface area contributed by atoms with Crippen LogP contribution in [0.1, 0.15) is 46.7 Å². The molecule has 0 radical (unpaired) electrons. The highest BCUT2D eigenvalue weighted by atomic mass is 19.4. The van der Waals surface area contributed by atoms with Crippen LogP contribution in [0, 0.1) is 6.92 Å². The standard InChI is InChI=1S/C35H42F3N5O4/c1-23-27(20-30(45-2)32(47-4)31(23)46-3)33(44)39-21-25(24-10-6-5-7-11-24)14-17-42-18-15-26(16-19-42)40-34-41-28-12-8-9-13-29(28)43(34)22-35(36,37)38/h5-13,20,25-26H,14-19,21-22H2,1-4H3,(H,39,44)(H,40,41). The lowest BCUT2D eigenvalue weighted by atomic mass is 9.94. The molecule has 1 saturated heterocycles. The van der Waals surface area contributed by atoms with E-state index in [4.69, 9.17) is 14.2 Å². The number of anilines is 1. The number of nitrogens with one attached hydrogen (secondary N) is 2. The lowest BCUT2D eigenvalue weighted by molar-refractivity contribution is -0.139. The second-order valence-corrected chi connectivity index (χ2v) is 11.8. The van der Waals surface area contributed by atoms with Crippen molar-refractivity contribution in [2.24, 2.45) is 0 Å². The number of imidazole rings is 1. The van der Waals surface area contributed by atoms with Crippen molar-refractivity contribution in [1.82, 2.24) is 19.8 Å². The van der Waals surface area contributed by atoms with E-state index in [1.54, 1.807) is 30.3 Å². The van der Waals surface area contributed by atoms with Gasteiger partial charge in [-0.1, -0.05) is 42.5 Å². The molecule has 1 unspecified atom stereocenters. The van der Waals surface area contributed by atoms with E-state index in [-0.39, 0.29) is 23.8 Å². The Hall–Kier alpha value is -4.45. The molecule has 4 aromatic rings. The number of amides is 1. The molecule has 1 aliphatic heterocycles. The average Bonchev–Trinajstić information content (AvgIpc) is 3.40. The van der Waals surface area contributed by atoms with Crippen molar-refractivity contribution < 1.29 is 32.2 Å². The van der Waals surface area contributed by atoms with Crippen LogP contribution in [0.25, 0.3) is 11.0 Å². The largest absolute Gasteiger partial charge is 0.493 e. The van der Waals surface area contributed by atoms with E-state index in [0.717, 1.165) is 44.5 Å². The second kappa shape index (κ2) is 15.0. The van der Waals surface area contributed by atoms with E-state index >= 15 is 0 Å². The van der Waals surface area contributed by atoms with Crippen LogP contribution in [-0.2, 0) is 6.54 Å². The predicted molar refractivity (Wildman–Crippen MR) is 176 cm³/mol. The molecule has 9 nitrogen and oxygen atoms in total. The molecular weight excluding hydrogens is 611 g/mol. The second-order valence-electron chi connectivity index (χ2n) is 11.8. The smallest absolute Gasteiger partial charge is 0.406 e. The SMILES string of the molecule is COc1cc(C(=O)NCC(CCN2CCC(Nc3nc4ccccc4n3CC(F)(F)F)CC2)c2ccccc2)c(C)c(OC)c1OC. The Morgan fingerprint density at radius 2 is 1.66 bits per heavy atom. The molecule has 0 aliphatic carbocycles. The number of ether oxygens (including phenoxy) is 3. The molecule has 12 heteroatoms. The maximum Gasteiger partial charge on any atom is 0.406 e. The lowest BCUT2D eigenvalue weighted by Gasteiger charge is -2.33. The van der Waals surface area contributed by atoms with Crippen LogP contribution in [0.2, 0.25) is 0 Å². The van der Waals surface area contributed by atoms with Crippen molar-refractivity contribution in [3.05, 3.63) is 77.4 Å². The molecule has 0 spiro atoms. The molecule has 3 aromatic carbocycles. The molecule has 1 aliphatic rings. The number of piperidine rings is 1. The van der Waals surface area contributed by atoms with Gasteiger partial charge < -0.3 is 34.3 Å². The predicted octanol–water partition coefficient (Wildman–Crippen LogP) is 6.41. The third-order valence-corrected chi connectivity index (χ3v) is 8.81. The minimum absolute atomic E-state index is 0.0148. The number of likely N-dealkylation sites (tertiary alicyclic amines) is 1. The van der Waals surface area contributed by atoms with Crippen molar-refractivity contribution in [3.8, 4) is 17.2 Å². The number of carbonyl (C=O) groups is 1. The normalized spacial score (nSPS) is 15.0. The zero-order valence-electron chi connectivity index (χ0n) is 27.2. The van der Waals surface area contributed by atoms with Gasteiger partial charge in [0.25, 0.3) is 5.91 Å². The number of halogens is 3. The van der Waals surface area contributed by atoms with E-state index in [2.05, 4.69) is 32.7 Å². The number of para-hydroxylation sites is 2. The Morgan fingerprint density at radius 1 is 0.979 bits per heavy atom. The number of rotatable bonds is 13. The van der Waals surface area contributed by atoms with Crippen LogP contribution in [0.15, 0.2) is 60.7 Å². The van der Waals surface area contributed by atoms with Crippen molar-refractivity contribution in [3.63, 3.8) is 0 Å². The summed E-state index contributed by atoms with van der Waals surface area (Å²) in [5.74, 6) is 1.39. The molecular formula is C35H42F3N5O4. The van der Waals surface area contributed by atoms with Gasteiger partial charge in [0, 0.05) is 42.7 Å². The monoisotopic (exact) mass is 653 g/mol. The Labute approximate surface area is 273 Å². The first-order valence-corrected chi connectivity index (χ1v) is 15.8. The van der Waals surface area contributed by atoms with Crippen LogP contribution >= 0.6 is 0 Å². The van der Waals surface area contributed by atoms with Gasteiger partial charge in [0.15, 0.2) is 11.5 Å². The fourth-order valence-electron chi connectivity index (χ4n) is 6.31. The summed E-state index contributed by atoms with van der Waals surface area (Å²) >= 11 is 0. The number of carbonyl (C=O) groups excluding carboxylic acids is 1. The van der Waals surface area contributed by atoms with E-state index in [1.165, 1.54) is 25.9 Å². The Balaban J connectivity index is 1.20. The highest BCUT2D eigenvalue weighted by Crippen LogP contribution is 2.41. The first-order valence-electron chi connectivity index (χ1n) is 15.8. The summed E-state index contributed by atoms with van der Waals surface area (Å²) in [6, 6.07) is 18.7. The molecule has 1 aromatic heterocycles. The first-order chi connectivity index (χ1) is 22.6. The fraction of sp³-hybridized carbons (Fsp3) is 0.429. The van der Waals surface area contributed by atoms with Gasteiger partial charge in [-0.15, -0.1) is 0 Å². The van der Waals surface area contributed by atoms with Gasteiger partial charge in [-0.3, -0.25) is 4.79 Å².